The number of carboxylic acids is 1. The smallest absolute Gasteiger partial charge is 0.353 e. The van der Waals surface area contributed by atoms with Gasteiger partial charge in [0.15, 0.2) is 0 Å². The second-order valence-electron chi connectivity index (χ2n) is 7.73. The Bertz CT molecular complexity index is 665. The Hall–Kier alpha value is -1.38. The van der Waals surface area contributed by atoms with Gasteiger partial charge in [0, 0.05) is 41.6 Å². The number of fused-ring (bicyclic) bond motifs is 1. The van der Waals surface area contributed by atoms with E-state index >= 15 is 0 Å². The number of ketones is 1. The number of nitrogens with one attached hydrogen (secondary N) is 1. The van der Waals surface area contributed by atoms with Crippen molar-refractivity contribution in [3.63, 3.8) is 0 Å². The van der Waals surface area contributed by atoms with E-state index < -0.39 is 5.97 Å². The van der Waals surface area contributed by atoms with Gasteiger partial charge in [0.2, 0.25) is 5.91 Å². The SMILES string of the molecule is CC(=O)C[C@H](C)[C@H]1C(=O)N2C(C(=O)O)=C(S[C@@H]3CNC(CN)C3)[C@H](C)[C@H]12. The maximum Gasteiger partial charge on any atom is 0.353 e. The van der Waals surface area contributed by atoms with Crippen LogP contribution in [0.4, 0.5) is 0 Å². The Balaban J connectivity index is 1.80. The lowest BCUT2D eigenvalue weighted by atomic mass is 9.73. The van der Waals surface area contributed by atoms with E-state index in [0.717, 1.165) is 17.9 Å². The molecule has 2 saturated heterocycles. The second-order valence-corrected chi connectivity index (χ2v) is 9.07. The molecule has 0 aromatic rings. The summed E-state index contributed by atoms with van der Waals surface area (Å²) in [6.45, 7) is 6.79. The summed E-state index contributed by atoms with van der Waals surface area (Å²) >= 11 is 1.58. The minimum absolute atomic E-state index is 0.0277. The molecule has 1 amide bonds. The molecule has 7 nitrogen and oxygen atoms in total. The maximum absolute atomic E-state index is 12.7. The summed E-state index contributed by atoms with van der Waals surface area (Å²) in [6.07, 6.45) is 1.25. The average Bonchev–Trinajstić information content (AvgIpc) is 3.09. The zero-order valence-electron chi connectivity index (χ0n) is 15.4. The third-order valence-corrected chi connectivity index (χ3v) is 7.29. The van der Waals surface area contributed by atoms with Crippen LogP contribution in [0, 0.1) is 17.8 Å². The lowest BCUT2D eigenvalue weighted by Crippen LogP contribution is -2.62. The molecule has 4 N–H and O–H groups in total. The van der Waals surface area contributed by atoms with Crippen LogP contribution < -0.4 is 11.1 Å². The van der Waals surface area contributed by atoms with Crippen LogP contribution in [0.3, 0.4) is 0 Å². The van der Waals surface area contributed by atoms with E-state index in [1.807, 2.05) is 13.8 Å². The molecule has 6 atom stereocenters. The van der Waals surface area contributed by atoms with E-state index in [1.54, 1.807) is 11.8 Å². The van der Waals surface area contributed by atoms with Crippen LogP contribution in [-0.2, 0) is 14.4 Å². The Kier molecular flexibility index (Phi) is 5.46. The van der Waals surface area contributed by atoms with E-state index in [4.69, 9.17) is 5.73 Å². The Morgan fingerprint density at radius 3 is 2.69 bits per heavy atom. The van der Waals surface area contributed by atoms with E-state index in [1.165, 1.54) is 11.8 Å². The number of β-lactam (4-membered cyclic amide) rings is 1. The molecule has 2 fully saturated rings. The number of nitrogens with zero attached hydrogens (tertiary/aromatic N) is 1. The first kappa shape index (κ1) is 19.4. The van der Waals surface area contributed by atoms with Crippen LogP contribution in [0.25, 0.3) is 0 Å². The van der Waals surface area contributed by atoms with Crippen molar-refractivity contribution in [2.75, 3.05) is 13.1 Å². The van der Waals surface area contributed by atoms with E-state index in [9.17, 15) is 19.5 Å². The number of thioether (sulfide) groups is 1. The Morgan fingerprint density at radius 1 is 1.46 bits per heavy atom. The van der Waals surface area contributed by atoms with Gasteiger partial charge in [-0.1, -0.05) is 13.8 Å². The van der Waals surface area contributed by atoms with Gasteiger partial charge < -0.3 is 25.9 Å². The monoisotopic (exact) mass is 381 g/mol. The Morgan fingerprint density at radius 2 is 2.15 bits per heavy atom. The molecule has 0 aromatic heterocycles. The third-order valence-electron chi connectivity index (χ3n) is 5.77. The highest BCUT2D eigenvalue weighted by Gasteiger charge is 2.60. The molecular weight excluding hydrogens is 354 g/mol. The quantitative estimate of drug-likeness (QED) is 0.559. The van der Waals surface area contributed by atoms with Crippen molar-refractivity contribution in [2.24, 2.45) is 23.5 Å². The third kappa shape index (κ3) is 3.18. The molecule has 3 rings (SSSR count). The number of carboxylic acid groups (broad SMARTS) is 1. The van der Waals surface area contributed by atoms with Gasteiger partial charge in [0.25, 0.3) is 0 Å². The summed E-state index contributed by atoms with van der Waals surface area (Å²) < 4.78 is 0. The van der Waals surface area contributed by atoms with Crippen molar-refractivity contribution in [2.45, 2.75) is 50.9 Å². The van der Waals surface area contributed by atoms with Gasteiger partial charge in [-0.2, -0.15) is 0 Å². The molecule has 3 heterocycles. The molecule has 0 saturated carbocycles. The molecule has 0 aliphatic carbocycles. The van der Waals surface area contributed by atoms with E-state index in [-0.39, 0.29) is 52.5 Å². The summed E-state index contributed by atoms with van der Waals surface area (Å²) in [7, 11) is 0. The molecule has 144 valence electrons. The number of aliphatic carboxylic acids is 1. The largest absolute Gasteiger partial charge is 0.477 e. The average molecular weight is 381 g/mol. The molecule has 3 aliphatic rings. The molecular formula is C18H27N3O4S. The standard InChI is InChI=1S/C18H27N3O4S/c1-8(4-9(2)22)13-14-10(3)16(15(18(24)25)21(14)17(13)23)26-12-5-11(6-19)20-7-12/h8,10-14,20H,4-7,19H2,1-3H3,(H,24,25)/t8-,10+,11?,12-,13+,14+/m0/s1. The first-order valence-electron chi connectivity index (χ1n) is 9.16. The minimum atomic E-state index is -1.05. The highest BCUT2D eigenvalue weighted by atomic mass is 32.2. The summed E-state index contributed by atoms with van der Waals surface area (Å²) in [5, 5.41) is 13.3. The number of rotatable bonds is 7. The van der Waals surface area contributed by atoms with E-state index in [2.05, 4.69) is 5.32 Å². The zero-order chi connectivity index (χ0) is 19.2. The highest BCUT2D eigenvalue weighted by molar-refractivity contribution is 8.03. The minimum Gasteiger partial charge on any atom is -0.477 e. The normalized spacial score (nSPS) is 34.7. The van der Waals surface area contributed by atoms with Crippen LogP contribution in [-0.4, -0.2) is 58.1 Å². The molecule has 26 heavy (non-hydrogen) atoms. The lowest BCUT2D eigenvalue weighted by molar-refractivity contribution is -0.160. The lowest BCUT2D eigenvalue weighted by Gasteiger charge is -2.47. The van der Waals surface area contributed by atoms with E-state index in [0.29, 0.717) is 13.0 Å². The number of carbonyl (C=O) groups is 3. The first-order valence-corrected chi connectivity index (χ1v) is 10.0. The highest BCUT2D eigenvalue weighted by Crippen LogP contribution is 2.53. The molecule has 1 unspecified atom stereocenters. The summed E-state index contributed by atoms with van der Waals surface area (Å²) in [5.41, 5.74) is 5.85. The molecule has 0 aromatic carbocycles. The van der Waals surface area contributed by atoms with Gasteiger partial charge in [-0.15, -0.1) is 11.8 Å². The van der Waals surface area contributed by atoms with Crippen molar-refractivity contribution in [1.82, 2.24) is 10.2 Å². The van der Waals surface area contributed by atoms with Crippen molar-refractivity contribution >= 4 is 29.4 Å². The number of carbonyl (C=O) groups excluding carboxylic acids is 2. The number of Topliss-reactive ketones (excluding diaryl/α,β-unsaturated/α-hetero) is 1. The number of nitrogens with two attached hydrogens (primary N) is 1. The number of hydrogen-bond acceptors (Lipinski definition) is 6. The van der Waals surface area contributed by atoms with Crippen molar-refractivity contribution in [3.05, 3.63) is 10.6 Å². The second kappa shape index (κ2) is 7.32. The zero-order valence-corrected chi connectivity index (χ0v) is 16.2. The summed E-state index contributed by atoms with van der Waals surface area (Å²) in [6, 6.07) is 0.116. The summed E-state index contributed by atoms with van der Waals surface area (Å²) in [5.74, 6) is -1.53. The predicted octanol–water partition coefficient (Wildman–Crippen LogP) is 0.797. The maximum atomic E-state index is 12.7. The van der Waals surface area contributed by atoms with Gasteiger partial charge in [-0.25, -0.2) is 4.79 Å². The fraction of sp³-hybridized carbons (Fsp3) is 0.722. The molecule has 0 radical (unpaired) electrons. The van der Waals surface area contributed by atoms with Crippen molar-refractivity contribution in [3.8, 4) is 0 Å². The van der Waals surface area contributed by atoms with Crippen LogP contribution >= 0.6 is 11.8 Å². The fourth-order valence-electron chi connectivity index (χ4n) is 4.58. The van der Waals surface area contributed by atoms with Crippen molar-refractivity contribution in [1.29, 1.82) is 0 Å². The van der Waals surface area contributed by atoms with Gasteiger partial charge in [-0.05, 0) is 19.3 Å². The molecule has 0 spiro atoms. The van der Waals surface area contributed by atoms with Crippen LogP contribution in [0.2, 0.25) is 0 Å². The molecule has 0 bridgehead atoms. The topological polar surface area (TPSA) is 113 Å². The van der Waals surface area contributed by atoms with Crippen LogP contribution in [0.15, 0.2) is 10.6 Å². The van der Waals surface area contributed by atoms with Crippen LogP contribution in [0.5, 0.6) is 0 Å². The Labute approximate surface area is 157 Å². The molecule has 8 heteroatoms. The van der Waals surface area contributed by atoms with Gasteiger partial charge in [0.1, 0.15) is 11.5 Å². The van der Waals surface area contributed by atoms with Crippen LogP contribution in [0.1, 0.15) is 33.6 Å². The van der Waals surface area contributed by atoms with Gasteiger partial charge >= 0.3 is 5.97 Å². The number of hydrogen-bond donors (Lipinski definition) is 3. The molecule has 3 aliphatic heterocycles. The first-order chi connectivity index (χ1) is 12.3. The van der Waals surface area contributed by atoms with Gasteiger partial charge in [0.05, 0.1) is 12.0 Å². The van der Waals surface area contributed by atoms with Gasteiger partial charge in [-0.3, -0.25) is 4.79 Å². The summed E-state index contributed by atoms with van der Waals surface area (Å²) in [4.78, 5) is 38.3. The van der Waals surface area contributed by atoms with Crippen molar-refractivity contribution < 1.29 is 19.5 Å². The fourth-order valence-corrected chi connectivity index (χ4v) is 6.10. The predicted molar refractivity (Wildman–Crippen MR) is 99.3 cm³/mol. The number of amides is 1.